The van der Waals surface area contributed by atoms with Crippen molar-refractivity contribution in [2.24, 2.45) is 23.7 Å². The molecule has 0 spiro atoms. The van der Waals surface area contributed by atoms with Gasteiger partial charge >= 0.3 is 0 Å². The molecule has 0 radical (unpaired) electrons. The zero-order valence-electron chi connectivity index (χ0n) is 15.0. The summed E-state index contributed by atoms with van der Waals surface area (Å²) in [5.74, 6) is 0.654. The van der Waals surface area contributed by atoms with Gasteiger partial charge in [0.2, 0.25) is 11.6 Å². The molecule has 0 aromatic heterocycles. The molecule has 2 fully saturated rings. The summed E-state index contributed by atoms with van der Waals surface area (Å²) in [5.41, 5.74) is 0. The second-order valence-electron chi connectivity index (χ2n) is 7.44. The van der Waals surface area contributed by atoms with Gasteiger partial charge in [0.1, 0.15) is 0 Å². The van der Waals surface area contributed by atoms with Gasteiger partial charge < -0.3 is 9.47 Å². The van der Waals surface area contributed by atoms with Crippen LogP contribution in [0.15, 0.2) is 24.8 Å². The second kappa shape index (κ2) is 8.20. The first-order chi connectivity index (χ1) is 12.1. The summed E-state index contributed by atoms with van der Waals surface area (Å²) < 4.78 is 38.7. The van der Waals surface area contributed by atoms with Crippen molar-refractivity contribution < 1.29 is 18.3 Å². The normalized spacial score (nSPS) is 28.9. The van der Waals surface area contributed by atoms with Crippen LogP contribution >= 0.6 is 0 Å². The Bertz CT molecular complexity index is 602. The van der Waals surface area contributed by atoms with Crippen molar-refractivity contribution in [3.63, 3.8) is 0 Å². The highest BCUT2D eigenvalue weighted by Crippen LogP contribution is 2.45. The third-order valence-corrected chi connectivity index (χ3v) is 5.88. The van der Waals surface area contributed by atoms with E-state index in [0.717, 1.165) is 24.7 Å². The molecular weight excluding hydrogens is 322 g/mol. The Balaban J connectivity index is 1.55. The summed E-state index contributed by atoms with van der Waals surface area (Å²) in [7, 11) is 0. The number of rotatable bonds is 6. The van der Waals surface area contributed by atoms with Gasteiger partial charge in [0.25, 0.3) is 0 Å². The lowest BCUT2D eigenvalue weighted by Gasteiger charge is -2.41. The van der Waals surface area contributed by atoms with E-state index in [2.05, 4.69) is 12.7 Å². The molecule has 1 aromatic carbocycles. The Morgan fingerprint density at radius 1 is 1.00 bits per heavy atom. The summed E-state index contributed by atoms with van der Waals surface area (Å²) in [6.45, 7) is 6.43. The van der Waals surface area contributed by atoms with Gasteiger partial charge in [0.05, 0.1) is 13.2 Å². The minimum atomic E-state index is -0.967. The van der Waals surface area contributed by atoms with Gasteiger partial charge in [-0.15, -0.1) is 6.58 Å². The topological polar surface area (TPSA) is 18.5 Å². The number of benzene rings is 1. The van der Waals surface area contributed by atoms with Crippen LogP contribution in [0.1, 0.15) is 45.4 Å². The van der Waals surface area contributed by atoms with Crippen LogP contribution in [0.25, 0.3) is 0 Å². The lowest BCUT2D eigenvalue weighted by Crippen LogP contribution is -2.32. The van der Waals surface area contributed by atoms with Crippen molar-refractivity contribution >= 4 is 0 Å². The molecule has 0 saturated heterocycles. The van der Waals surface area contributed by atoms with Crippen molar-refractivity contribution in [1.82, 2.24) is 0 Å². The largest absolute Gasteiger partial charge is 0.491 e. The van der Waals surface area contributed by atoms with E-state index < -0.39 is 11.6 Å². The molecule has 25 heavy (non-hydrogen) atoms. The maximum Gasteiger partial charge on any atom is 0.204 e. The molecule has 4 heteroatoms. The molecule has 138 valence electrons. The van der Waals surface area contributed by atoms with Crippen LogP contribution in [0.5, 0.6) is 11.5 Å². The van der Waals surface area contributed by atoms with E-state index in [-0.39, 0.29) is 11.5 Å². The number of fused-ring (bicyclic) bond motifs is 1. The summed E-state index contributed by atoms with van der Waals surface area (Å²) in [6.07, 6.45) is 9.31. The van der Waals surface area contributed by atoms with Gasteiger partial charge in [-0.1, -0.05) is 6.08 Å². The summed E-state index contributed by atoms with van der Waals surface area (Å²) in [4.78, 5) is 0. The average Bonchev–Trinajstić information content (AvgIpc) is 2.64. The maximum absolute atomic E-state index is 14.1. The van der Waals surface area contributed by atoms with Gasteiger partial charge in [0, 0.05) is 0 Å². The lowest BCUT2D eigenvalue weighted by atomic mass is 9.65. The Morgan fingerprint density at radius 2 is 1.64 bits per heavy atom. The van der Waals surface area contributed by atoms with Crippen LogP contribution in [-0.2, 0) is 0 Å². The molecule has 4 unspecified atom stereocenters. The molecule has 2 nitrogen and oxygen atoms in total. The highest BCUT2D eigenvalue weighted by molar-refractivity contribution is 5.35. The molecule has 4 atom stereocenters. The molecule has 2 saturated carbocycles. The van der Waals surface area contributed by atoms with Crippen LogP contribution in [0.3, 0.4) is 0 Å². The molecule has 3 rings (SSSR count). The van der Waals surface area contributed by atoms with Crippen LogP contribution < -0.4 is 9.47 Å². The van der Waals surface area contributed by atoms with Crippen LogP contribution in [0, 0.1) is 35.3 Å². The number of allylic oxidation sites excluding steroid dienone is 1. The summed E-state index contributed by atoms with van der Waals surface area (Å²) in [6, 6.07) is 2.90. The van der Waals surface area contributed by atoms with Gasteiger partial charge in [-0.3, -0.25) is 0 Å². The monoisotopic (exact) mass is 350 g/mol. The highest BCUT2D eigenvalue weighted by Gasteiger charge is 2.35. The highest BCUT2D eigenvalue weighted by atomic mass is 19.2. The van der Waals surface area contributed by atoms with E-state index in [4.69, 9.17) is 9.47 Å². The molecule has 0 amide bonds. The van der Waals surface area contributed by atoms with Gasteiger partial charge in [-0.25, -0.2) is 0 Å². The first kappa shape index (κ1) is 18.2. The Hall–Kier alpha value is -1.58. The van der Waals surface area contributed by atoms with Crippen molar-refractivity contribution in [1.29, 1.82) is 0 Å². The standard InChI is InChI=1S/C21H28F2O2/c1-3-14-5-7-17-12-15(6-8-16(17)11-14)13-25-19-10-9-18(24-4-2)20(22)21(19)23/h3,9-10,14-17H,1,4-8,11-13H2,2H3. The van der Waals surface area contributed by atoms with Crippen molar-refractivity contribution in [2.75, 3.05) is 13.2 Å². The zero-order chi connectivity index (χ0) is 17.8. The van der Waals surface area contributed by atoms with E-state index in [1.54, 1.807) is 6.92 Å². The first-order valence-electron chi connectivity index (χ1n) is 9.48. The lowest BCUT2D eigenvalue weighted by molar-refractivity contribution is 0.0853. The Labute approximate surface area is 149 Å². The smallest absolute Gasteiger partial charge is 0.204 e. The number of hydrogen-bond donors (Lipinski definition) is 0. The molecule has 0 bridgehead atoms. The van der Waals surface area contributed by atoms with E-state index in [1.165, 1.54) is 37.8 Å². The van der Waals surface area contributed by atoms with E-state index in [0.29, 0.717) is 25.0 Å². The predicted octanol–water partition coefficient (Wildman–Crippen LogP) is 5.76. The second-order valence-corrected chi connectivity index (χ2v) is 7.44. The van der Waals surface area contributed by atoms with Crippen molar-refractivity contribution in [3.05, 3.63) is 36.4 Å². The molecule has 0 heterocycles. The molecule has 1 aromatic rings. The summed E-state index contributed by atoms with van der Waals surface area (Å²) in [5, 5.41) is 0. The first-order valence-corrected chi connectivity index (χ1v) is 9.48. The zero-order valence-corrected chi connectivity index (χ0v) is 15.0. The predicted molar refractivity (Wildman–Crippen MR) is 94.9 cm³/mol. The average molecular weight is 350 g/mol. The molecule has 0 N–H and O–H groups in total. The van der Waals surface area contributed by atoms with Crippen molar-refractivity contribution in [3.8, 4) is 11.5 Å². The van der Waals surface area contributed by atoms with Gasteiger partial charge in [0.15, 0.2) is 11.5 Å². The Kier molecular flexibility index (Phi) is 5.98. The molecule has 2 aliphatic carbocycles. The van der Waals surface area contributed by atoms with Crippen LogP contribution in [-0.4, -0.2) is 13.2 Å². The fraction of sp³-hybridized carbons (Fsp3) is 0.619. The fourth-order valence-electron chi connectivity index (χ4n) is 4.49. The molecule has 2 aliphatic rings. The number of ether oxygens (including phenoxy) is 2. The quantitative estimate of drug-likeness (QED) is 0.607. The minimum absolute atomic E-state index is 0.0153. The van der Waals surface area contributed by atoms with Crippen LogP contribution in [0.2, 0.25) is 0 Å². The van der Waals surface area contributed by atoms with Crippen LogP contribution in [0.4, 0.5) is 8.78 Å². The minimum Gasteiger partial charge on any atom is -0.491 e. The molecular formula is C21H28F2O2. The molecule has 0 aliphatic heterocycles. The van der Waals surface area contributed by atoms with E-state index in [9.17, 15) is 8.78 Å². The number of halogens is 2. The van der Waals surface area contributed by atoms with Crippen molar-refractivity contribution in [2.45, 2.75) is 45.4 Å². The SMILES string of the molecule is C=CC1CCC2CC(COc3ccc(OCC)c(F)c3F)CCC2C1. The maximum atomic E-state index is 14.1. The third-order valence-electron chi connectivity index (χ3n) is 5.88. The third kappa shape index (κ3) is 4.16. The summed E-state index contributed by atoms with van der Waals surface area (Å²) >= 11 is 0. The fourth-order valence-corrected chi connectivity index (χ4v) is 4.49. The Morgan fingerprint density at radius 3 is 2.32 bits per heavy atom. The van der Waals surface area contributed by atoms with Gasteiger partial charge in [-0.05, 0) is 81.3 Å². The van der Waals surface area contributed by atoms with Gasteiger partial charge in [-0.2, -0.15) is 8.78 Å². The number of hydrogen-bond acceptors (Lipinski definition) is 2. The van der Waals surface area contributed by atoms with E-state index in [1.807, 2.05) is 0 Å². The van der Waals surface area contributed by atoms with E-state index >= 15 is 0 Å².